The largest absolute Gasteiger partial charge is 0.331 e. The number of pyridine rings is 2. The fraction of sp³-hybridized carbons (Fsp3) is 0.429. The van der Waals surface area contributed by atoms with Crippen LogP contribution in [0.5, 0.6) is 0 Å². The van der Waals surface area contributed by atoms with Gasteiger partial charge in [0, 0.05) is 31.2 Å². The minimum absolute atomic E-state index is 0.0335. The summed E-state index contributed by atoms with van der Waals surface area (Å²) in [5, 5.41) is 0. The van der Waals surface area contributed by atoms with E-state index in [0.29, 0.717) is 11.6 Å². The Hall–Kier alpha value is -2.76. The fourth-order valence-corrected chi connectivity index (χ4v) is 4.58. The number of rotatable bonds is 3. The summed E-state index contributed by atoms with van der Waals surface area (Å²) >= 11 is 0. The maximum absolute atomic E-state index is 13.2. The Morgan fingerprint density at radius 3 is 2.78 bits per heavy atom. The monoisotopic (exact) mass is 361 g/mol. The summed E-state index contributed by atoms with van der Waals surface area (Å²) in [7, 11) is 0. The van der Waals surface area contributed by atoms with Gasteiger partial charge in [-0.15, -0.1) is 0 Å². The van der Waals surface area contributed by atoms with E-state index in [0.717, 1.165) is 36.1 Å². The predicted octanol–water partition coefficient (Wildman–Crippen LogP) is 3.92. The van der Waals surface area contributed by atoms with Crippen LogP contribution >= 0.6 is 0 Å². The third-order valence-corrected chi connectivity index (χ3v) is 5.96. The van der Waals surface area contributed by atoms with Gasteiger partial charge in [-0.3, -0.25) is 9.78 Å². The molecule has 138 valence electrons. The molecule has 6 heteroatoms. The van der Waals surface area contributed by atoms with Crippen molar-refractivity contribution in [3.63, 3.8) is 0 Å². The Labute approximate surface area is 158 Å². The number of aromatic nitrogens is 4. The summed E-state index contributed by atoms with van der Waals surface area (Å²) < 4.78 is 2.19. The summed E-state index contributed by atoms with van der Waals surface area (Å²) in [5.74, 6) is 0.0335. The maximum Gasteiger partial charge on any atom is 0.256 e. The van der Waals surface area contributed by atoms with Crippen molar-refractivity contribution in [3.8, 4) is 0 Å². The molecule has 4 heterocycles. The Balaban J connectivity index is 1.43. The van der Waals surface area contributed by atoms with Crippen molar-refractivity contribution in [2.75, 3.05) is 6.54 Å². The van der Waals surface area contributed by atoms with Crippen LogP contribution in [-0.4, -0.2) is 36.9 Å². The summed E-state index contributed by atoms with van der Waals surface area (Å²) in [4.78, 5) is 28.5. The first-order chi connectivity index (χ1) is 13.3. The summed E-state index contributed by atoms with van der Waals surface area (Å²) in [6.07, 6.45) is 14.1. The molecule has 1 aliphatic carbocycles. The molecule has 0 N–H and O–H groups in total. The van der Waals surface area contributed by atoms with Crippen LogP contribution in [0, 0.1) is 0 Å². The average molecular weight is 361 g/mol. The molecule has 2 fully saturated rings. The van der Waals surface area contributed by atoms with Crippen molar-refractivity contribution in [2.24, 2.45) is 0 Å². The fourth-order valence-electron chi connectivity index (χ4n) is 4.58. The van der Waals surface area contributed by atoms with Gasteiger partial charge in [-0.05, 0) is 43.4 Å². The molecule has 1 amide bonds. The Kier molecular flexibility index (Phi) is 4.11. The number of fused-ring (bicyclic) bond motifs is 1. The highest BCUT2D eigenvalue weighted by atomic mass is 16.2. The molecule has 0 spiro atoms. The van der Waals surface area contributed by atoms with Gasteiger partial charge in [0.2, 0.25) is 0 Å². The smallest absolute Gasteiger partial charge is 0.256 e. The van der Waals surface area contributed by atoms with Crippen LogP contribution in [0.25, 0.3) is 11.2 Å². The average Bonchev–Trinajstić information content (AvgIpc) is 3.47. The zero-order valence-corrected chi connectivity index (χ0v) is 15.3. The second-order valence-corrected chi connectivity index (χ2v) is 7.60. The number of imidazole rings is 1. The van der Waals surface area contributed by atoms with Crippen LogP contribution in [0.3, 0.4) is 0 Å². The van der Waals surface area contributed by atoms with Crippen LogP contribution in [0.4, 0.5) is 0 Å². The SMILES string of the molecule is O=C(c1cnc2c(c1)ncn2C1CCCC1)N1CCCC1c1cccnc1. The van der Waals surface area contributed by atoms with Crippen LogP contribution in [0.2, 0.25) is 0 Å². The molecule has 1 aliphatic heterocycles. The highest BCUT2D eigenvalue weighted by Gasteiger charge is 2.31. The lowest BCUT2D eigenvalue weighted by atomic mass is 10.1. The lowest BCUT2D eigenvalue weighted by molar-refractivity contribution is 0.0735. The first-order valence-electron chi connectivity index (χ1n) is 9.85. The summed E-state index contributed by atoms with van der Waals surface area (Å²) in [6, 6.07) is 6.47. The zero-order valence-electron chi connectivity index (χ0n) is 15.3. The number of nitrogens with zero attached hydrogens (tertiary/aromatic N) is 5. The van der Waals surface area contributed by atoms with Gasteiger partial charge in [-0.25, -0.2) is 9.97 Å². The number of carbonyl (C=O) groups is 1. The molecule has 1 unspecified atom stereocenters. The van der Waals surface area contributed by atoms with E-state index < -0.39 is 0 Å². The van der Waals surface area contributed by atoms with Gasteiger partial charge in [-0.2, -0.15) is 0 Å². The summed E-state index contributed by atoms with van der Waals surface area (Å²) in [6.45, 7) is 0.771. The highest BCUT2D eigenvalue weighted by Crippen LogP contribution is 2.34. The molecular weight excluding hydrogens is 338 g/mol. The van der Waals surface area contributed by atoms with Crippen LogP contribution in [0.1, 0.15) is 66.5 Å². The molecule has 3 aromatic heterocycles. The topological polar surface area (TPSA) is 63.9 Å². The van der Waals surface area contributed by atoms with Crippen molar-refractivity contribution in [1.82, 2.24) is 24.4 Å². The van der Waals surface area contributed by atoms with E-state index in [4.69, 9.17) is 0 Å². The van der Waals surface area contributed by atoms with Gasteiger partial charge in [-0.1, -0.05) is 18.9 Å². The van der Waals surface area contributed by atoms with E-state index in [2.05, 4.69) is 19.5 Å². The molecule has 5 rings (SSSR count). The van der Waals surface area contributed by atoms with Gasteiger partial charge in [0.15, 0.2) is 5.65 Å². The highest BCUT2D eigenvalue weighted by molar-refractivity contribution is 5.96. The van der Waals surface area contributed by atoms with Gasteiger partial charge in [0.1, 0.15) is 5.52 Å². The van der Waals surface area contributed by atoms with Crippen LogP contribution in [0.15, 0.2) is 43.1 Å². The molecule has 0 aromatic carbocycles. The Morgan fingerprint density at radius 2 is 1.96 bits per heavy atom. The molecule has 1 atom stereocenters. The van der Waals surface area contributed by atoms with Crippen LogP contribution < -0.4 is 0 Å². The second kappa shape index (κ2) is 6.76. The molecule has 1 saturated heterocycles. The first-order valence-corrected chi connectivity index (χ1v) is 9.85. The van der Waals surface area contributed by atoms with E-state index in [1.54, 1.807) is 12.4 Å². The first kappa shape index (κ1) is 16.4. The summed E-state index contributed by atoms with van der Waals surface area (Å²) in [5.41, 5.74) is 3.42. The second-order valence-electron chi connectivity index (χ2n) is 7.60. The molecule has 1 saturated carbocycles. The Morgan fingerprint density at radius 1 is 1.07 bits per heavy atom. The molecule has 0 bridgehead atoms. The van der Waals surface area contributed by atoms with Crippen LogP contribution in [-0.2, 0) is 0 Å². The predicted molar refractivity (Wildman–Crippen MR) is 102 cm³/mol. The third kappa shape index (κ3) is 2.89. The van der Waals surface area contributed by atoms with E-state index in [-0.39, 0.29) is 11.9 Å². The molecule has 27 heavy (non-hydrogen) atoms. The van der Waals surface area contributed by atoms with Gasteiger partial charge < -0.3 is 9.47 Å². The number of carbonyl (C=O) groups excluding carboxylic acids is 1. The van der Waals surface area contributed by atoms with Crippen molar-refractivity contribution < 1.29 is 4.79 Å². The van der Waals surface area contributed by atoms with Crippen molar-refractivity contribution in [2.45, 2.75) is 50.6 Å². The van der Waals surface area contributed by atoms with E-state index in [1.165, 1.54) is 25.7 Å². The molecule has 3 aromatic rings. The molecule has 2 aliphatic rings. The maximum atomic E-state index is 13.2. The number of likely N-dealkylation sites (tertiary alicyclic amines) is 1. The number of hydrogen-bond donors (Lipinski definition) is 0. The number of amides is 1. The van der Waals surface area contributed by atoms with E-state index in [1.807, 2.05) is 35.6 Å². The van der Waals surface area contributed by atoms with Crippen molar-refractivity contribution >= 4 is 17.1 Å². The number of hydrogen-bond acceptors (Lipinski definition) is 4. The minimum Gasteiger partial charge on any atom is -0.331 e. The van der Waals surface area contributed by atoms with Crippen molar-refractivity contribution in [3.05, 3.63) is 54.2 Å². The van der Waals surface area contributed by atoms with Gasteiger partial charge in [0.05, 0.1) is 17.9 Å². The minimum atomic E-state index is 0.0335. The van der Waals surface area contributed by atoms with E-state index >= 15 is 0 Å². The normalized spacial score (nSPS) is 20.6. The van der Waals surface area contributed by atoms with Crippen molar-refractivity contribution in [1.29, 1.82) is 0 Å². The van der Waals surface area contributed by atoms with Gasteiger partial charge >= 0.3 is 0 Å². The lowest BCUT2D eigenvalue weighted by Gasteiger charge is -2.24. The zero-order chi connectivity index (χ0) is 18.2. The Bertz CT molecular complexity index is 961. The standard InChI is InChI=1S/C21H23N5O/c27-21(25-10-4-8-19(25)15-5-3-9-22-12-15)16-11-18-20(23-13-16)26(14-24-18)17-6-1-2-7-17/h3,5,9,11-14,17,19H,1-2,4,6-8,10H2. The molecule has 6 nitrogen and oxygen atoms in total. The third-order valence-electron chi connectivity index (χ3n) is 5.96. The quantitative estimate of drug-likeness (QED) is 0.709. The van der Waals surface area contributed by atoms with E-state index in [9.17, 15) is 4.79 Å². The molecule has 0 radical (unpaired) electrons. The molecular formula is C21H23N5O. The van der Waals surface area contributed by atoms with Gasteiger partial charge in [0.25, 0.3) is 5.91 Å². The lowest BCUT2D eigenvalue weighted by Crippen LogP contribution is -2.30.